The largest absolute Gasteiger partial charge is 0.444 e. The highest BCUT2D eigenvalue weighted by molar-refractivity contribution is 6.10. The molecule has 7 heteroatoms. The minimum absolute atomic E-state index is 0.112. The van der Waals surface area contributed by atoms with Crippen molar-refractivity contribution in [1.82, 2.24) is 15.5 Å². The van der Waals surface area contributed by atoms with Gasteiger partial charge >= 0.3 is 6.09 Å². The van der Waals surface area contributed by atoms with Crippen molar-refractivity contribution in [2.24, 2.45) is 0 Å². The number of ether oxygens (including phenoxy) is 1. The van der Waals surface area contributed by atoms with Crippen LogP contribution in [0.25, 0.3) is 5.70 Å². The molecule has 2 N–H and O–H groups in total. The molecule has 1 aliphatic rings. The minimum Gasteiger partial charge on any atom is -0.444 e. The fourth-order valence-corrected chi connectivity index (χ4v) is 2.38. The van der Waals surface area contributed by atoms with Gasteiger partial charge in [-0.25, -0.2) is 4.79 Å². The molecule has 0 aliphatic carbocycles. The lowest BCUT2D eigenvalue weighted by atomic mass is 10.1. The first kappa shape index (κ1) is 18.5. The quantitative estimate of drug-likeness (QED) is 0.796. The molecule has 0 aromatic heterocycles. The summed E-state index contributed by atoms with van der Waals surface area (Å²) in [5.41, 5.74) is 1.24. The van der Waals surface area contributed by atoms with Crippen molar-refractivity contribution < 1.29 is 19.1 Å². The van der Waals surface area contributed by atoms with Gasteiger partial charge in [0.05, 0.1) is 0 Å². The van der Waals surface area contributed by atoms with Gasteiger partial charge in [-0.2, -0.15) is 0 Å². The predicted octanol–water partition coefficient (Wildman–Crippen LogP) is 1.75. The minimum atomic E-state index is -0.571. The zero-order chi connectivity index (χ0) is 18.6. The second-order valence-electron chi connectivity index (χ2n) is 6.66. The van der Waals surface area contributed by atoms with Crippen LogP contribution < -0.4 is 10.6 Å². The van der Waals surface area contributed by atoms with Crippen molar-refractivity contribution >= 4 is 23.6 Å². The van der Waals surface area contributed by atoms with E-state index in [1.54, 1.807) is 39.0 Å². The van der Waals surface area contributed by atoms with Crippen LogP contribution in [0.1, 0.15) is 36.7 Å². The lowest BCUT2D eigenvalue weighted by molar-refractivity contribution is -0.121. The van der Waals surface area contributed by atoms with Gasteiger partial charge in [0.2, 0.25) is 5.91 Å². The Morgan fingerprint density at radius 1 is 1.12 bits per heavy atom. The van der Waals surface area contributed by atoms with Crippen LogP contribution in [-0.2, 0) is 9.53 Å². The lowest BCUT2D eigenvalue weighted by Gasteiger charge is -2.20. The third-order valence-electron chi connectivity index (χ3n) is 3.46. The number of benzene rings is 1. The molecule has 25 heavy (non-hydrogen) atoms. The molecule has 1 aromatic carbocycles. The first-order valence-corrected chi connectivity index (χ1v) is 8.03. The van der Waals surface area contributed by atoms with Gasteiger partial charge in [0, 0.05) is 29.9 Å². The van der Waals surface area contributed by atoms with E-state index in [0.29, 0.717) is 11.3 Å². The highest BCUT2D eigenvalue weighted by atomic mass is 16.6. The monoisotopic (exact) mass is 345 g/mol. The summed E-state index contributed by atoms with van der Waals surface area (Å²) in [6.45, 7) is 9.55. The molecule has 0 fully saturated rings. The summed E-state index contributed by atoms with van der Waals surface area (Å²) in [4.78, 5) is 37.2. The van der Waals surface area contributed by atoms with E-state index < -0.39 is 11.7 Å². The summed E-state index contributed by atoms with van der Waals surface area (Å²) in [5, 5.41) is 5.20. The van der Waals surface area contributed by atoms with Crippen molar-refractivity contribution in [3.63, 3.8) is 0 Å². The third kappa shape index (κ3) is 4.82. The van der Waals surface area contributed by atoms with Gasteiger partial charge in [0.1, 0.15) is 12.1 Å². The summed E-state index contributed by atoms with van der Waals surface area (Å²) < 4.78 is 5.09. The number of hydrogen-bond acceptors (Lipinski definition) is 4. The molecule has 7 nitrogen and oxygen atoms in total. The Hall–Kier alpha value is -2.83. The van der Waals surface area contributed by atoms with Crippen molar-refractivity contribution in [2.45, 2.75) is 26.4 Å². The molecule has 0 radical (unpaired) electrons. The van der Waals surface area contributed by atoms with Crippen LogP contribution in [-0.4, -0.2) is 48.0 Å². The smallest absolute Gasteiger partial charge is 0.407 e. The van der Waals surface area contributed by atoms with Crippen LogP contribution in [0.3, 0.4) is 0 Å². The van der Waals surface area contributed by atoms with E-state index in [1.165, 1.54) is 4.90 Å². The van der Waals surface area contributed by atoms with Gasteiger partial charge < -0.3 is 15.4 Å². The average molecular weight is 345 g/mol. The molecule has 0 spiro atoms. The summed E-state index contributed by atoms with van der Waals surface area (Å²) in [6.07, 6.45) is -0.541. The molecule has 1 aliphatic heterocycles. The van der Waals surface area contributed by atoms with Gasteiger partial charge in [0.25, 0.3) is 5.91 Å². The van der Waals surface area contributed by atoms with Gasteiger partial charge in [-0.3, -0.25) is 14.5 Å². The van der Waals surface area contributed by atoms with E-state index >= 15 is 0 Å². The van der Waals surface area contributed by atoms with E-state index in [-0.39, 0.29) is 31.4 Å². The van der Waals surface area contributed by atoms with Crippen LogP contribution in [0.2, 0.25) is 0 Å². The number of rotatable bonds is 5. The summed E-state index contributed by atoms with van der Waals surface area (Å²) in [6, 6.07) is 7.11. The first-order chi connectivity index (χ1) is 11.7. The van der Waals surface area contributed by atoms with E-state index in [4.69, 9.17) is 4.74 Å². The van der Waals surface area contributed by atoms with E-state index in [9.17, 15) is 14.4 Å². The normalized spacial score (nSPS) is 13.5. The highest BCUT2D eigenvalue weighted by Gasteiger charge is 2.31. The average Bonchev–Trinajstić information content (AvgIpc) is 2.75. The maximum Gasteiger partial charge on any atom is 0.407 e. The maximum absolute atomic E-state index is 12.3. The molecule has 0 atom stereocenters. The second kappa shape index (κ2) is 7.38. The van der Waals surface area contributed by atoms with Crippen molar-refractivity contribution in [2.75, 3.05) is 19.6 Å². The van der Waals surface area contributed by atoms with Crippen molar-refractivity contribution in [3.05, 3.63) is 42.0 Å². The molecule has 0 bridgehead atoms. The lowest BCUT2D eigenvalue weighted by Crippen LogP contribution is -2.41. The molecule has 2 rings (SSSR count). The summed E-state index contributed by atoms with van der Waals surface area (Å²) >= 11 is 0. The number of hydrogen-bond donors (Lipinski definition) is 2. The molecule has 1 aromatic rings. The van der Waals surface area contributed by atoms with E-state index in [2.05, 4.69) is 17.2 Å². The van der Waals surface area contributed by atoms with Crippen LogP contribution in [0.5, 0.6) is 0 Å². The number of fused-ring (bicyclic) bond motifs is 1. The number of carbonyl (C=O) groups excluding carboxylic acids is 3. The SMILES string of the molecule is C=C1c2ccccc2C(=O)N1CC(=O)NCCNC(=O)OC(C)(C)C. The molecule has 0 saturated carbocycles. The Balaban J connectivity index is 1.76. The Morgan fingerprint density at radius 2 is 1.72 bits per heavy atom. The predicted molar refractivity (Wildman–Crippen MR) is 93.8 cm³/mol. The number of alkyl carbamates (subject to hydrolysis) is 1. The summed E-state index contributed by atoms with van der Waals surface area (Å²) in [7, 11) is 0. The first-order valence-electron chi connectivity index (χ1n) is 8.03. The highest BCUT2D eigenvalue weighted by Crippen LogP contribution is 2.30. The van der Waals surface area contributed by atoms with Crippen LogP contribution in [0.15, 0.2) is 30.8 Å². The molecule has 0 saturated heterocycles. The molecule has 134 valence electrons. The number of nitrogens with zero attached hydrogens (tertiary/aromatic N) is 1. The Labute approximate surface area is 147 Å². The molecule has 0 unspecified atom stereocenters. The van der Waals surface area contributed by atoms with Crippen molar-refractivity contribution in [1.29, 1.82) is 0 Å². The molecular weight excluding hydrogens is 322 g/mol. The van der Waals surface area contributed by atoms with Gasteiger partial charge in [-0.1, -0.05) is 24.8 Å². The van der Waals surface area contributed by atoms with Crippen molar-refractivity contribution in [3.8, 4) is 0 Å². The zero-order valence-corrected chi connectivity index (χ0v) is 14.7. The van der Waals surface area contributed by atoms with Gasteiger partial charge in [-0.05, 0) is 26.8 Å². The maximum atomic E-state index is 12.3. The standard InChI is InChI=1S/C18H23N3O4/c1-12-13-7-5-6-8-14(13)16(23)21(12)11-15(22)19-9-10-20-17(24)25-18(2,3)4/h5-8H,1,9-11H2,2-4H3,(H,19,22)(H,20,24). The molecule has 3 amide bonds. The molecular formula is C18H23N3O4. The Bertz CT molecular complexity index is 672. The van der Waals surface area contributed by atoms with Crippen LogP contribution >= 0.6 is 0 Å². The van der Waals surface area contributed by atoms with Gasteiger partial charge in [0.15, 0.2) is 0 Å². The van der Waals surface area contributed by atoms with Crippen LogP contribution in [0, 0.1) is 0 Å². The summed E-state index contributed by atoms with van der Waals surface area (Å²) in [5.74, 6) is -0.559. The number of amides is 3. The topological polar surface area (TPSA) is 87.7 Å². The Morgan fingerprint density at radius 3 is 2.32 bits per heavy atom. The number of nitrogens with one attached hydrogen (secondary N) is 2. The zero-order valence-electron chi connectivity index (χ0n) is 14.7. The second-order valence-corrected chi connectivity index (χ2v) is 6.66. The van der Waals surface area contributed by atoms with E-state index in [1.807, 2.05) is 6.07 Å². The van der Waals surface area contributed by atoms with E-state index in [0.717, 1.165) is 5.56 Å². The van der Waals surface area contributed by atoms with Crippen LogP contribution in [0.4, 0.5) is 4.79 Å². The fourth-order valence-electron chi connectivity index (χ4n) is 2.38. The third-order valence-corrected chi connectivity index (χ3v) is 3.46. The van der Waals surface area contributed by atoms with Gasteiger partial charge in [-0.15, -0.1) is 0 Å². The fraction of sp³-hybridized carbons (Fsp3) is 0.389. The molecule has 1 heterocycles. The Kier molecular flexibility index (Phi) is 5.46. The number of carbonyl (C=O) groups is 3.